The summed E-state index contributed by atoms with van der Waals surface area (Å²) in [4.78, 5) is 26.8. The summed E-state index contributed by atoms with van der Waals surface area (Å²) in [6, 6.07) is 2.89. The molecule has 1 rings (SSSR count). The quantitative estimate of drug-likeness (QED) is 0.827. The summed E-state index contributed by atoms with van der Waals surface area (Å²) in [6.07, 6.45) is 1.43. The number of nitrogens with one attached hydrogen (secondary N) is 1. The molecule has 0 saturated carbocycles. The molecule has 0 radical (unpaired) electrons. The van der Waals surface area contributed by atoms with E-state index in [1.807, 2.05) is 20.8 Å². The van der Waals surface area contributed by atoms with Crippen LogP contribution in [0.4, 0.5) is 0 Å². The normalized spacial score (nSPS) is 12.8. The van der Waals surface area contributed by atoms with Crippen LogP contribution in [0.1, 0.15) is 38.1 Å². The lowest BCUT2D eigenvalue weighted by Crippen LogP contribution is -2.44. The minimum atomic E-state index is -1.00. The fourth-order valence-electron chi connectivity index (χ4n) is 1.31. The lowest BCUT2D eigenvalue weighted by Gasteiger charge is -2.22. The smallest absolute Gasteiger partial charge is 0.335 e. The topological polar surface area (TPSA) is 79.3 Å². The first kappa shape index (κ1) is 15.5. The highest BCUT2D eigenvalue weighted by molar-refractivity contribution is 8.00. The number of carboxylic acids is 1. The van der Waals surface area contributed by atoms with Gasteiger partial charge in [0, 0.05) is 11.7 Å². The molecular weight excluding hydrogens is 264 g/mol. The first-order valence-electron chi connectivity index (χ1n) is 5.87. The summed E-state index contributed by atoms with van der Waals surface area (Å²) in [6.45, 7) is 7.49. The van der Waals surface area contributed by atoms with Crippen LogP contribution in [0.5, 0.6) is 0 Å². The number of amides is 1. The fraction of sp³-hybridized carbons (Fsp3) is 0.462. The summed E-state index contributed by atoms with van der Waals surface area (Å²) in [5.74, 6) is -1.10. The SMILES string of the molecule is CC(Sc1cc(C(=O)O)ccn1)C(=O)NC(C)(C)C. The van der Waals surface area contributed by atoms with E-state index in [1.165, 1.54) is 30.1 Å². The third-order valence-electron chi connectivity index (χ3n) is 2.15. The Hall–Kier alpha value is -1.56. The molecule has 0 spiro atoms. The van der Waals surface area contributed by atoms with Gasteiger partial charge in [0.15, 0.2) is 0 Å². The number of hydrogen-bond donors (Lipinski definition) is 2. The number of carbonyl (C=O) groups excluding carboxylic acids is 1. The number of nitrogens with zero attached hydrogens (tertiary/aromatic N) is 1. The predicted octanol–water partition coefficient (Wildman–Crippen LogP) is 2.18. The van der Waals surface area contributed by atoms with E-state index >= 15 is 0 Å². The number of thioether (sulfide) groups is 1. The van der Waals surface area contributed by atoms with Crippen molar-refractivity contribution in [3.63, 3.8) is 0 Å². The lowest BCUT2D eigenvalue weighted by molar-refractivity contribution is -0.121. The highest BCUT2D eigenvalue weighted by Gasteiger charge is 2.20. The van der Waals surface area contributed by atoms with Gasteiger partial charge < -0.3 is 10.4 Å². The molecule has 104 valence electrons. The van der Waals surface area contributed by atoms with Crippen LogP contribution in [0, 0.1) is 0 Å². The Kier molecular flexibility index (Phi) is 4.94. The van der Waals surface area contributed by atoms with Crippen molar-refractivity contribution in [3.05, 3.63) is 23.9 Å². The Balaban J connectivity index is 2.71. The maximum absolute atomic E-state index is 11.9. The first-order chi connectivity index (χ1) is 8.69. The Morgan fingerprint density at radius 3 is 2.58 bits per heavy atom. The second-order valence-corrected chi connectivity index (χ2v) is 6.55. The molecule has 0 aliphatic heterocycles. The highest BCUT2D eigenvalue weighted by Crippen LogP contribution is 2.22. The van der Waals surface area contributed by atoms with E-state index in [2.05, 4.69) is 10.3 Å². The second-order valence-electron chi connectivity index (χ2n) is 5.19. The van der Waals surface area contributed by atoms with Crippen molar-refractivity contribution in [2.75, 3.05) is 0 Å². The van der Waals surface area contributed by atoms with E-state index in [-0.39, 0.29) is 22.3 Å². The van der Waals surface area contributed by atoms with Gasteiger partial charge in [-0.25, -0.2) is 9.78 Å². The van der Waals surface area contributed by atoms with E-state index in [0.717, 1.165) is 0 Å². The van der Waals surface area contributed by atoms with Gasteiger partial charge in [-0.1, -0.05) is 11.8 Å². The summed E-state index contributed by atoms with van der Waals surface area (Å²) in [5, 5.41) is 11.9. The lowest BCUT2D eigenvalue weighted by atomic mass is 10.1. The molecule has 19 heavy (non-hydrogen) atoms. The van der Waals surface area contributed by atoms with Crippen LogP contribution in [-0.4, -0.2) is 32.8 Å². The zero-order valence-electron chi connectivity index (χ0n) is 11.4. The van der Waals surface area contributed by atoms with Crippen LogP contribution in [0.25, 0.3) is 0 Å². The molecule has 1 unspecified atom stereocenters. The van der Waals surface area contributed by atoms with Crippen LogP contribution >= 0.6 is 11.8 Å². The van der Waals surface area contributed by atoms with Gasteiger partial charge in [0.1, 0.15) is 0 Å². The number of aromatic carboxylic acids is 1. The van der Waals surface area contributed by atoms with Crippen molar-refractivity contribution < 1.29 is 14.7 Å². The number of pyridine rings is 1. The van der Waals surface area contributed by atoms with Crippen LogP contribution in [-0.2, 0) is 4.79 Å². The number of rotatable bonds is 4. The van der Waals surface area contributed by atoms with Crippen molar-refractivity contribution in [1.29, 1.82) is 0 Å². The van der Waals surface area contributed by atoms with Gasteiger partial charge >= 0.3 is 5.97 Å². The van der Waals surface area contributed by atoms with Gasteiger partial charge in [-0.05, 0) is 39.8 Å². The van der Waals surface area contributed by atoms with E-state index in [0.29, 0.717) is 5.03 Å². The first-order valence-corrected chi connectivity index (χ1v) is 6.75. The van der Waals surface area contributed by atoms with Crippen LogP contribution in [0.3, 0.4) is 0 Å². The van der Waals surface area contributed by atoms with E-state index in [1.54, 1.807) is 6.92 Å². The van der Waals surface area contributed by atoms with Crippen LogP contribution < -0.4 is 5.32 Å². The largest absolute Gasteiger partial charge is 0.478 e. The number of carbonyl (C=O) groups is 2. The van der Waals surface area contributed by atoms with Gasteiger partial charge in [-0.15, -0.1) is 0 Å². The van der Waals surface area contributed by atoms with Crippen LogP contribution in [0.15, 0.2) is 23.4 Å². The summed E-state index contributed by atoms with van der Waals surface area (Å²) in [5.41, 5.74) is -0.122. The highest BCUT2D eigenvalue weighted by atomic mass is 32.2. The molecule has 1 amide bonds. The molecule has 0 fully saturated rings. The monoisotopic (exact) mass is 282 g/mol. The van der Waals surface area contributed by atoms with Crippen molar-refractivity contribution in [2.45, 2.75) is 43.5 Å². The third kappa shape index (κ3) is 5.30. The molecule has 6 heteroatoms. The summed E-state index contributed by atoms with van der Waals surface area (Å²) >= 11 is 1.24. The Morgan fingerprint density at radius 2 is 2.05 bits per heavy atom. The van der Waals surface area contributed by atoms with Crippen molar-refractivity contribution in [3.8, 4) is 0 Å². The molecule has 0 bridgehead atoms. The zero-order chi connectivity index (χ0) is 14.6. The van der Waals surface area contributed by atoms with E-state index in [4.69, 9.17) is 5.11 Å². The van der Waals surface area contributed by atoms with Crippen LogP contribution in [0.2, 0.25) is 0 Å². The standard InChI is InChI=1S/C13H18N2O3S/c1-8(11(16)15-13(2,3)4)19-10-7-9(12(17)18)5-6-14-10/h5-8H,1-4H3,(H,15,16)(H,17,18). The zero-order valence-corrected chi connectivity index (χ0v) is 12.2. The van der Waals surface area contributed by atoms with E-state index < -0.39 is 5.97 Å². The maximum atomic E-state index is 11.9. The molecule has 0 saturated heterocycles. The average Bonchev–Trinajstić information content (AvgIpc) is 2.27. The molecule has 2 N–H and O–H groups in total. The van der Waals surface area contributed by atoms with Gasteiger partial charge in [0.05, 0.1) is 15.8 Å². The van der Waals surface area contributed by atoms with Crippen molar-refractivity contribution in [2.24, 2.45) is 0 Å². The Bertz CT molecular complexity index is 483. The van der Waals surface area contributed by atoms with Gasteiger partial charge in [0.2, 0.25) is 5.91 Å². The molecule has 1 aromatic heterocycles. The third-order valence-corrected chi connectivity index (χ3v) is 3.18. The Labute approximate surface area is 116 Å². The minimum Gasteiger partial charge on any atom is -0.478 e. The van der Waals surface area contributed by atoms with Crippen molar-refractivity contribution >= 4 is 23.6 Å². The molecule has 0 aliphatic rings. The van der Waals surface area contributed by atoms with Gasteiger partial charge in [0.25, 0.3) is 0 Å². The predicted molar refractivity (Wildman–Crippen MR) is 74.4 cm³/mol. The van der Waals surface area contributed by atoms with E-state index in [9.17, 15) is 9.59 Å². The fourth-order valence-corrected chi connectivity index (χ4v) is 2.16. The Morgan fingerprint density at radius 1 is 1.42 bits per heavy atom. The molecule has 5 nitrogen and oxygen atoms in total. The molecule has 0 aromatic carbocycles. The number of carboxylic acid groups (broad SMARTS) is 1. The summed E-state index contributed by atoms with van der Waals surface area (Å²) < 4.78 is 0. The van der Waals surface area contributed by atoms with Gasteiger partial charge in [-0.2, -0.15) is 0 Å². The van der Waals surface area contributed by atoms with Crippen molar-refractivity contribution in [1.82, 2.24) is 10.3 Å². The minimum absolute atomic E-state index is 0.0972. The average molecular weight is 282 g/mol. The molecule has 0 aliphatic carbocycles. The maximum Gasteiger partial charge on any atom is 0.335 e. The summed E-state index contributed by atoms with van der Waals surface area (Å²) in [7, 11) is 0. The van der Waals surface area contributed by atoms with Gasteiger partial charge in [-0.3, -0.25) is 4.79 Å². The molecule has 1 atom stereocenters. The molecule has 1 aromatic rings. The molecular formula is C13H18N2O3S. The second kappa shape index (κ2) is 6.06. The number of hydrogen-bond acceptors (Lipinski definition) is 4. The number of aromatic nitrogens is 1. The molecule has 1 heterocycles.